The molecule has 0 aliphatic heterocycles. The molecule has 4 heteroatoms. The van der Waals surface area contributed by atoms with E-state index in [9.17, 15) is 5.26 Å². The van der Waals surface area contributed by atoms with Gasteiger partial charge in [0.25, 0.3) is 0 Å². The number of aromatic nitrogens is 1. The van der Waals surface area contributed by atoms with E-state index in [1.54, 1.807) is 6.20 Å². The SMILES string of the molecule is N#CC(NCC1CC1)c1ccc(Br)c2cccnc12. The lowest BCUT2D eigenvalue weighted by Gasteiger charge is -2.14. The normalized spacial score (nSPS) is 16.2. The van der Waals surface area contributed by atoms with E-state index in [1.165, 1.54) is 12.8 Å². The molecule has 1 aliphatic carbocycles. The minimum absolute atomic E-state index is 0.286. The third-order valence-corrected chi connectivity index (χ3v) is 4.19. The number of nitrogens with one attached hydrogen (secondary N) is 1. The highest BCUT2D eigenvalue weighted by atomic mass is 79.9. The molecule has 96 valence electrons. The highest BCUT2D eigenvalue weighted by Gasteiger charge is 2.23. The summed E-state index contributed by atoms with van der Waals surface area (Å²) >= 11 is 3.53. The van der Waals surface area contributed by atoms with Gasteiger partial charge in [0.05, 0.1) is 11.6 Å². The molecule has 2 aromatic rings. The van der Waals surface area contributed by atoms with Gasteiger partial charge in [-0.25, -0.2) is 0 Å². The van der Waals surface area contributed by atoms with E-state index in [4.69, 9.17) is 0 Å². The average Bonchev–Trinajstić information content (AvgIpc) is 3.26. The quantitative estimate of drug-likeness (QED) is 0.938. The summed E-state index contributed by atoms with van der Waals surface area (Å²) in [5.41, 5.74) is 1.86. The Kier molecular flexibility index (Phi) is 3.50. The largest absolute Gasteiger partial charge is 0.298 e. The number of hydrogen-bond acceptors (Lipinski definition) is 3. The van der Waals surface area contributed by atoms with Crippen LogP contribution in [0.4, 0.5) is 0 Å². The van der Waals surface area contributed by atoms with Crippen molar-refractivity contribution in [3.05, 3.63) is 40.5 Å². The summed E-state index contributed by atoms with van der Waals surface area (Å²) in [6.45, 7) is 0.919. The van der Waals surface area contributed by atoms with E-state index in [2.05, 4.69) is 32.3 Å². The predicted molar refractivity (Wildman–Crippen MR) is 78.5 cm³/mol. The molecule has 1 N–H and O–H groups in total. The van der Waals surface area contributed by atoms with Crippen molar-refractivity contribution in [3.8, 4) is 6.07 Å². The lowest BCUT2D eigenvalue weighted by atomic mass is 10.0. The zero-order chi connectivity index (χ0) is 13.2. The summed E-state index contributed by atoms with van der Waals surface area (Å²) in [6, 6.07) is 9.96. The lowest BCUT2D eigenvalue weighted by Crippen LogP contribution is -2.22. The smallest absolute Gasteiger partial charge is 0.123 e. The highest BCUT2D eigenvalue weighted by Crippen LogP contribution is 2.31. The van der Waals surface area contributed by atoms with Gasteiger partial charge in [-0.05, 0) is 37.4 Å². The van der Waals surface area contributed by atoms with E-state index in [-0.39, 0.29) is 6.04 Å². The van der Waals surface area contributed by atoms with Crippen molar-refractivity contribution in [3.63, 3.8) is 0 Å². The Morgan fingerprint density at radius 1 is 1.42 bits per heavy atom. The fourth-order valence-corrected chi connectivity index (χ4v) is 2.68. The number of nitriles is 1. The average molecular weight is 316 g/mol. The molecule has 3 rings (SSSR count). The van der Waals surface area contributed by atoms with Gasteiger partial charge in [0, 0.05) is 21.6 Å². The molecular formula is C15H14BrN3. The van der Waals surface area contributed by atoms with Gasteiger partial charge >= 0.3 is 0 Å². The van der Waals surface area contributed by atoms with Gasteiger partial charge < -0.3 is 0 Å². The molecule has 0 spiro atoms. The van der Waals surface area contributed by atoms with Crippen LogP contribution in [-0.4, -0.2) is 11.5 Å². The van der Waals surface area contributed by atoms with E-state index in [0.29, 0.717) is 0 Å². The van der Waals surface area contributed by atoms with Crippen LogP contribution in [0.25, 0.3) is 10.9 Å². The minimum Gasteiger partial charge on any atom is -0.298 e. The van der Waals surface area contributed by atoms with E-state index in [0.717, 1.165) is 33.4 Å². The maximum absolute atomic E-state index is 9.39. The molecule has 1 aromatic heterocycles. The Bertz CT molecular complexity index is 643. The van der Waals surface area contributed by atoms with Gasteiger partial charge in [0.1, 0.15) is 6.04 Å². The van der Waals surface area contributed by atoms with Crippen LogP contribution < -0.4 is 5.32 Å². The minimum atomic E-state index is -0.286. The molecular weight excluding hydrogens is 302 g/mol. The summed E-state index contributed by atoms with van der Waals surface area (Å²) < 4.78 is 1.01. The molecule has 1 unspecified atom stereocenters. The molecule has 1 heterocycles. The first kappa shape index (κ1) is 12.6. The molecule has 0 amide bonds. The number of benzene rings is 1. The van der Waals surface area contributed by atoms with Crippen LogP contribution in [0.5, 0.6) is 0 Å². The first-order chi connectivity index (χ1) is 9.29. The van der Waals surface area contributed by atoms with Crippen LogP contribution in [0.2, 0.25) is 0 Å². The van der Waals surface area contributed by atoms with Crippen LogP contribution in [-0.2, 0) is 0 Å². The number of nitrogens with zero attached hydrogens (tertiary/aromatic N) is 2. The molecule has 1 atom stereocenters. The summed E-state index contributed by atoms with van der Waals surface area (Å²) in [7, 11) is 0. The first-order valence-corrected chi connectivity index (χ1v) is 7.25. The standard InChI is InChI=1S/C15H14BrN3/c16-13-6-5-12(15-11(13)2-1-7-18-15)14(8-17)19-9-10-3-4-10/h1-2,5-7,10,14,19H,3-4,9H2. The molecule has 1 aromatic carbocycles. The van der Waals surface area contributed by atoms with E-state index in [1.807, 2.05) is 24.3 Å². The molecule has 1 fully saturated rings. The highest BCUT2D eigenvalue weighted by molar-refractivity contribution is 9.10. The van der Waals surface area contributed by atoms with Gasteiger partial charge in [0.15, 0.2) is 0 Å². The van der Waals surface area contributed by atoms with Gasteiger partial charge in [0.2, 0.25) is 0 Å². The topological polar surface area (TPSA) is 48.7 Å². The fraction of sp³-hybridized carbons (Fsp3) is 0.333. The summed E-state index contributed by atoms with van der Waals surface area (Å²) in [4.78, 5) is 4.43. The van der Waals surface area contributed by atoms with Crippen molar-refractivity contribution in [2.24, 2.45) is 5.92 Å². The maximum Gasteiger partial charge on any atom is 0.123 e. The van der Waals surface area contributed by atoms with Crippen LogP contribution in [0, 0.1) is 17.2 Å². The maximum atomic E-state index is 9.39. The third kappa shape index (κ3) is 2.63. The van der Waals surface area contributed by atoms with Crippen molar-refractivity contribution in [2.75, 3.05) is 6.54 Å². The molecule has 3 nitrogen and oxygen atoms in total. The van der Waals surface area contributed by atoms with Crippen molar-refractivity contribution >= 4 is 26.8 Å². The lowest BCUT2D eigenvalue weighted by molar-refractivity contribution is 0.595. The predicted octanol–water partition coefficient (Wildman–Crippen LogP) is 3.56. The number of fused-ring (bicyclic) bond motifs is 1. The number of rotatable bonds is 4. The van der Waals surface area contributed by atoms with Gasteiger partial charge in [-0.15, -0.1) is 0 Å². The Balaban J connectivity index is 1.98. The zero-order valence-corrected chi connectivity index (χ0v) is 12.0. The monoisotopic (exact) mass is 315 g/mol. The Morgan fingerprint density at radius 3 is 3.00 bits per heavy atom. The Hall–Kier alpha value is -1.44. The number of pyridine rings is 1. The Labute approximate surface area is 120 Å². The number of hydrogen-bond donors (Lipinski definition) is 1. The number of halogens is 1. The molecule has 1 aliphatic rings. The second kappa shape index (κ2) is 5.28. The fourth-order valence-electron chi connectivity index (χ4n) is 2.22. The third-order valence-electron chi connectivity index (χ3n) is 3.50. The summed E-state index contributed by atoms with van der Waals surface area (Å²) in [5, 5.41) is 13.8. The second-order valence-corrected chi connectivity index (χ2v) is 5.80. The second-order valence-electron chi connectivity index (χ2n) is 4.95. The van der Waals surface area contributed by atoms with Crippen molar-refractivity contribution in [1.82, 2.24) is 10.3 Å². The van der Waals surface area contributed by atoms with Crippen LogP contribution in [0.1, 0.15) is 24.4 Å². The van der Waals surface area contributed by atoms with Crippen LogP contribution >= 0.6 is 15.9 Å². The van der Waals surface area contributed by atoms with E-state index < -0.39 is 0 Å². The molecule has 0 saturated heterocycles. The van der Waals surface area contributed by atoms with Gasteiger partial charge in [-0.1, -0.05) is 28.1 Å². The van der Waals surface area contributed by atoms with Crippen LogP contribution in [0.15, 0.2) is 34.9 Å². The van der Waals surface area contributed by atoms with Crippen molar-refractivity contribution < 1.29 is 0 Å². The summed E-state index contributed by atoms with van der Waals surface area (Å²) in [5.74, 6) is 0.755. The van der Waals surface area contributed by atoms with Gasteiger partial charge in [-0.2, -0.15) is 5.26 Å². The van der Waals surface area contributed by atoms with Crippen molar-refractivity contribution in [1.29, 1.82) is 5.26 Å². The van der Waals surface area contributed by atoms with Gasteiger partial charge in [-0.3, -0.25) is 10.3 Å². The van der Waals surface area contributed by atoms with Crippen LogP contribution in [0.3, 0.4) is 0 Å². The summed E-state index contributed by atoms with van der Waals surface area (Å²) in [6.07, 6.45) is 4.34. The first-order valence-electron chi connectivity index (χ1n) is 6.45. The molecule has 1 saturated carbocycles. The van der Waals surface area contributed by atoms with Crippen molar-refractivity contribution in [2.45, 2.75) is 18.9 Å². The zero-order valence-electron chi connectivity index (χ0n) is 10.4. The molecule has 19 heavy (non-hydrogen) atoms. The van der Waals surface area contributed by atoms with E-state index >= 15 is 0 Å². The Morgan fingerprint density at radius 2 is 2.26 bits per heavy atom. The molecule has 0 radical (unpaired) electrons. The molecule has 0 bridgehead atoms.